The summed E-state index contributed by atoms with van der Waals surface area (Å²) < 4.78 is 0. The Morgan fingerprint density at radius 3 is 2.74 bits per heavy atom. The summed E-state index contributed by atoms with van der Waals surface area (Å²) in [4.78, 5) is 12.5. The molecule has 0 atom stereocenters. The topological polar surface area (TPSA) is 70.2 Å². The molecular formula is C18H17N5. The second-order valence-electron chi connectivity index (χ2n) is 6.30. The third-order valence-corrected chi connectivity index (χ3v) is 4.97. The molecule has 3 aromatic heterocycles. The van der Waals surface area contributed by atoms with Crippen molar-refractivity contribution in [2.24, 2.45) is 0 Å². The van der Waals surface area contributed by atoms with Gasteiger partial charge in [0.15, 0.2) is 0 Å². The van der Waals surface area contributed by atoms with Crippen LogP contribution in [0.4, 0.5) is 0 Å². The Bertz CT molecular complexity index is 1040. The molecule has 1 aliphatic rings. The van der Waals surface area contributed by atoms with Crippen molar-refractivity contribution in [3.63, 3.8) is 0 Å². The Labute approximate surface area is 133 Å². The highest BCUT2D eigenvalue weighted by molar-refractivity contribution is 6.06. The third-order valence-electron chi connectivity index (χ3n) is 4.97. The molecule has 23 heavy (non-hydrogen) atoms. The summed E-state index contributed by atoms with van der Waals surface area (Å²) in [6.45, 7) is 2.07. The molecule has 0 aliphatic heterocycles. The van der Waals surface area contributed by atoms with Gasteiger partial charge < -0.3 is 4.98 Å². The Kier molecular flexibility index (Phi) is 2.59. The molecule has 0 saturated carbocycles. The number of fused-ring (bicyclic) bond motifs is 5. The molecule has 2 N–H and O–H groups in total. The lowest BCUT2D eigenvalue weighted by Crippen LogP contribution is -2.08. The van der Waals surface area contributed by atoms with Gasteiger partial charge in [-0.1, -0.05) is 0 Å². The first-order valence-corrected chi connectivity index (χ1v) is 8.10. The van der Waals surface area contributed by atoms with Crippen molar-refractivity contribution in [3.8, 4) is 11.3 Å². The van der Waals surface area contributed by atoms with E-state index in [4.69, 9.17) is 0 Å². The molecule has 0 amide bonds. The Hall–Kier alpha value is -2.69. The van der Waals surface area contributed by atoms with Gasteiger partial charge in [-0.3, -0.25) is 5.10 Å². The van der Waals surface area contributed by atoms with Gasteiger partial charge in [0.25, 0.3) is 0 Å². The lowest BCUT2D eigenvalue weighted by Gasteiger charge is -2.22. The molecule has 0 spiro atoms. The van der Waals surface area contributed by atoms with Crippen molar-refractivity contribution < 1.29 is 0 Å². The zero-order chi connectivity index (χ0) is 15.4. The molecule has 0 bridgehead atoms. The van der Waals surface area contributed by atoms with Crippen LogP contribution in [0, 0.1) is 6.92 Å². The number of pyridine rings is 1. The van der Waals surface area contributed by atoms with Gasteiger partial charge in [0.2, 0.25) is 0 Å². The number of H-pyrrole nitrogens is 2. The van der Waals surface area contributed by atoms with Gasteiger partial charge in [-0.15, -0.1) is 0 Å². The molecule has 114 valence electrons. The van der Waals surface area contributed by atoms with E-state index in [1.165, 1.54) is 40.6 Å². The van der Waals surface area contributed by atoms with Crippen LogP contribution < -0.4 is 0 Å². The van der Waals surface area contributed by atoms with Gasteiger partial charge in [-0.05, 0) is 55.9 Å². The minimum absolute atomic E-state index is 0.978. The van der Waals surface area contributed by atoms with Crippen molar-refractivity contribution in [2.75, 3.05) is 0 Å². The number of aromatic nitrogens is 5. The summed E-state index contributed by atoms with van der Waals surface area (Å²) in [5.41, 5.74) is 9.46. The summed E-state index contributed by atoms with van der Waals surface area (Å²) in [6.07, 6.45) is 8.26. The number of aryl methyl sites for hydroxylation is 2. The smallest absolute Gasteiger partial charge is 0.116 e. The average molecular weight is 303 g/mol. The van der Waals surface area contributed by atoms with Crippen molar-refractivity contribution in [1.82, 2.24) is 25.1 Å². The number of imidazole rings is 1. The first-order valence-electron chi connectivity index (χ1n) is 8.10. The number of benzene rings is 1. The number of hydrogen-bond acceptors (Lipinski definition) is 3. The number of aromatic amines is 2. The standard InChI is InChI=1S/C18H17N5/c1-10-13(8-21-23-10)17-12-5-3-2-4-11(12)16-14(22-17)6-7-15-18(16)20-9-19-15/h6-9,22H,2-5H2,1H3,(H,21,23). The van der Waals surface area contributed by atoms with Crippen LogP contribution in [0.15, 0.2) is 24.7 Å². The van der Waals surface area contributed by atoms with Gasteiger partial charge >= 0.3 is 0 Å². The normalized spacial score (nSPS) is 14.5. The number of hydrogen-bond donors (Lipinski definition) is 2. The van der Waals surface area contributed by atoms with Crippen molar-refractivity contribution in [1.29, 1.82) is 0 Å². The molecule has 1 aromatic carbocycles. The van der Waals surface area contributed by atoms with E-state index < -0.39 is 0 Å². The van der Waals surface area contributed by atoms with Gasteiger partial charge in [-0.2, -0.15) is 5.10 Å². The molecule has 3 heterocycles. The van der Waals surface area contributed by atoms with Crippen LogP contribution in [-0.2, 0) is 12.8 Å². The molecule has 0 unspecified atom stereocenters. The summed E-state index contributed by atoms with van der Waals surface area (Å²) in [5.74, 6) is 0. The zero-order valence-electron chi connectivity index (χ0n) is 13.0. The van der Waals surface area contributed by atoms with Gasteiger partial charge in [0, 0.05) is 22.2 Å². The first kappa shape index (κ1) is 12.8. The predicted molar refractivity (Wildman–Crippen MR) is 90.4 cm³/mol. The molecule has 0 fully saturated rings. The average Bonchev–Trinajstić information content (AvgIpc) is 3.22. The number of nitrogens with one attached hydrogen (secondary N) is 2. The fourth-order valence-corrected chi connectivity index (χ4v) is 3.87. The molecule has 1 aliphatic carbocycles. The van der Waals surface area contributed by atoms with E-state index in [2.05, 4.69) is 38.1 Å². The molecule has 5 rings (SSSR count). The molecular weight excluding hydrogens is 286 g/mol. The van der Waals surface area contributed by atoms with E-state index in [1.54, 1.807) is 6.33 Å². The highest BCUT2D eigenvalue weighted by Crippen LogP contribution is 2.37. The van der Waals surface area contributed by atoms with Crippen LogP contribution >= 0.6 is 0 Å². The largest absolute Gasteiger partial charge is 0.354 e. The first-order chi connectivity index (χ1) is 11.3. The zero-order valence-corrected chi connectivity index (χ0v) is 13.0. The number of rotatable bonds is 1. The van der Waals surface area contributed by atoms with Crippen molar-refractivity contribution in [2.45, 2.75) is 32.6 Å². The Balaban J connectivity index is 1.94. The molecule has 5 nitrogen and oxygen atoms in total. The lowest BCUT2D eigenvalue weighted by atomic mass is 9.86. The number of nitrogens with zero attached hydrogens (tertiary/aromatic N) is 3. The van der Waals surface area contributed by atoms with E-state index in [0.29, 0.717) is 0 Å². The van der Waals surface area contributed by atoms with Crippen LogP contribution in [0.25, 0.3) is 33.2 Å². The minimum atomic E-state index is 0.978. The Morgan fingerprint density at radius 2 is 1.91 bits per heavy atom. The quantitative estimate of drug-likeness (QED) is 0.563. The summed E-state index contributed by atoms with van der Waals surface area (Å²) in [5, 5.41) is 8.51. The van der Waals surface area contributed by atoms with Gasteiger partial charge in [0.1, 0.15) is 11.8 Å². The van der Waals surface area contributed by atoms with Crippen LogP contribution in [0.5, 0.6) is 0 Å². The third kappa shape index (κ3) is 1.76. The van der Waals surface area contributed by atoms with Crippen LogP contribution in [0.2, 0.25) is 0 Å². The minimum Gasteiger partial charge on any atom is -0.354 e. The summed E-state index contributed by atoms with van der Waals surface area (Å²) >= 11 is 0. The highest BCUT2D eigenvalue weighted by atomic mass is 15.1. The summed E-state index contributed by atoms with van der Waals surface area (Å²) in [7, 11) is 0. The SMILES string of the molecule is Cc1[nH]ncc1-c1[nH]c2ccc3ncnc3c2c2c1CCCC2. The van der Waals surface area contributed by atoms with E-state index in [-0.39, 0.29) is 0 Å². The van der Waals surface area contributed by atoms with E-state index >= 15 is 0 Å². The van der Waals surface area contributed by atoms with Gasteiger partial charge in [0.05, 0.1) is 17.4 Å². The second kappa shape index (κ2) is 4.65. The fraction of sp³-hybridized carbons (Fsp3) is 0.278. The van der Waals surface area contributed by atoms with E-state index in [9.17, 15) is 0 Å². The van der Waals surface area contributed by atoms with Crippen LogP contribution in [0.3, 0.4) is 0 Å². The molecule has 0 saturated heterocycles. The van der Waals surface area contributed by atoms with Crippen molar-refractivity contribution in [3.05, 3.63) is 41.5 Å². The second-order valence-corrected chi connectivity index (χ2v) is 6.30. The maximum Gasteiger partial charge on any atom is 0.116 e. The van der Waals surface area contributed by atoms with E-state index in [1.807, 2.05) is 12.3 Å². The van der Waals surface area contributed by atoms with E-state index in [0.717, 1.165) is 35.1 Å². The highest BCUT2D eigenvalue weighted by Gasteiger charge is 2.21. The fourth-order valence-electron chi connectivity index (χ4n) is 3.87. The lowest BCUT2D eigenvalue weighted by molar-refractivity contribution is 0.689. The van der Waals surface area contributed by atoms with Crippen LogP contribution in [-0.4, -0.2) is 25.1 Å². The Morgan fingerprint density at radius 1 is 1.04 bits per heavy atom. The predicted octanol–water partition coefficient (Wildman–Crippen LogP) is 3.69. The van der Waals surface area contributed by atoms with Crippen molar-refractivity contribution >= 4 is 21.9 Å². The van der Waals surface area contributed by atoms with Crippen LogP contribution in [0.1, 0.15) is 29.7 Å². The summed E-state index contributed by atoms with van der Waals surface area (Å²) in [6, 6.07) is 4.17. The molecule has 5 heteroatoms. The molecule has 4 aromatic rings. The maximum absolute atomic E-state index is 4.52. The molecule has 0 radical (unpaired) electrons. The van der Waals surface area contributed by atoms with Gasteiger partial charge in [-0.25, -0.2) is 9.97 Å². The monoisotopic (exact) mass is 303 g/mol. The maximum atomic E-state index is 4.52.